The number of nitrogens with zero attached hydrogens (tertiary/aromatic N) is 3. The van der Waals surface area contributed by atoms with Crippen LogP contribution in [0.5, 0.6) is 0 Å². The zero-order valence-corrected chi connectivity index (χ0v) is 13.7. The molecule has 0 unspecified atom stereocenters. The van der Waals surface area contributed by atoms with E-state index in [2.05, 4.69) is 9.98 Å². The molecule has 7 nitrogen and oxygen atoms in total. The molecule has 8 heteroatoms. The van der Waals surface area contributed by atoms with Gasteiger partial charge in [0.15, 0.2) is 0 Å². The lowest BCUT2D eigenvalue weighted by Gasteiger charge is -2.10. The third-order valence-electron chi connectivity index (χ3n) is 4.30. The molecule has 3 aromatic rings. The predicted octanol–water partition coefficient (Wildman–Crippen LogP) is 3.62. The number of non-ortho nitro benzene ring substituents is 1. The first-order valence-corrected chi connectivity index (χ1v) is 7.86. The molecule has 1 aliphatic rings. The molecule has 0 saturated carbocycles. The van der Waals surface area contributed by atoms with Gasteiger partial charge in [0.1, 0.15) is 11.6 Å². The van der Waals surface area contributed by atoms with Crippen molar-refractivity contribution >= 4 is 23.6 Å². The van der Waals surface area contributed by atoms with E-state index in [0.717, 1.165) is 18.2 Å². The molecule has 2 N–H and O–H groups in total. The number of amides is 1. The van der Waals surface area contributed by atoms with Gasteiger partial charge in [0, 0.05) is 46.8 Å². The van der Waals surface area contributed by atoms with Gasteiger partial charge < -0.3 is 5.73 Å². The van der Waals surface area contributed by atoms with Crippen LogP contribution in [0.4, 0.5) is 15.9 Å². The molecule has 0 atom stereocenters. The Morgan fingerprint density at radius 1 is 1.00 bits per heavy atom. The number of carbonyl (C=O) groups is 1. The number of aliphatic imine (C=N–C) groups is 1. The van der Waals surface area contributed by atoms with Gasteiger partial charge in [0.05, 0.1) is 10.5 Å². The van der Waals surface area contributed by atoms with E-state index < -0.39 is 10.7 Å². The molecule has 27 heavy (non-hydrogen) atoms. The van der Waals surface area contributed by atoms with E-state index in [-0.39, 0.29) is 23.0 Å². The molecule has 1 aromatic heterocycles. The Morgan fingerprint density at radius 3 is 2.59 bits per heavy atom. The van der Waals surface area contributed by atoms with Crippen molar-refractivity contribution < 1.29 is 14.1 Å². The second-order valence-electron chi connectivity index (χ2n) is 5.94. The van der Waals surface area contributed by atoms with Crippen LogP contribution in [0.3, 0.4) is 0 Å². The van der Waals surface area contributed by atoms with E-state index in [1.807, 2.05) is 0 Å². The molecule has 2 heterocycles. The topological polar surface area (TPSA) is 111 Å². The zero-order valence-electron chi connectivity index (χ0n) is 13.7. The zero-order chi connectivity index (χ0) is 19.1. The largest absolute Gasteiger partial charge is 0.383 e. The number of nitrogens with two attached hydrogens (primary N) is 1. The van der Waals surface area contributed by atoms with Crippen molar-refractivity contribution in [3.8, 4) is 22.3 Å². The number of aromatic nitrogens is 1. The number of rotatable bonds is 3. The van der Waals surface area contributed by atoms with Crippen LogP contribution in [-0.4, -0.2) is 22.0 Å². The second kappa shape index (κ2) is 6.10. The summed E-state index contributed by atoms with van der Waals surface area (Å²) in [4.78, 5) is 29.8. The van der Waals surface area contributed by atoms with E-state index >= 15 is 0 Å². The first kappa shape index (κ1) is 16.5. The molecule has 0 radical (unpaired) electrons. The summed E-state index contributed by atoms with van der Waals surface area (Å²) in [7, 11) is 0. The van der Waals surface area contributed by atoms with Gasteiger partial charge in [-0.1, -0.05) is 6.07 Å². The third-order valence-corrected chi connectivity index (χ3v) is 4.30. The molecule has 0 bridgehead atoms. The second-order valence-corrected chi connectivity index (χ2v) is 5.94. The number of nitrogen functional groups attached to an aromatic ring is 1. The number of hydrogen-bond acceptors (Lipinski definition) is 5. The van der Waals surface area contributed by atoms with Crippen LogP contribution in [0.25, 0.3) is 22.3 Å². The SMILES string of the molecule is Nc1ncc(-c2cc([N+](=O)[O-])ccc2F)cc1-c1ccc2c(c1)C=NC2=O. The maximum Gasteiger partial charge on any atom is 0.277 e. The van der Waals surface area contributed by atoms with Gasteiger partial charge in [-0.2, -0.15) is 0 Å². The lowest BCUT2D eigenvalue weighted by Crippen LogP contribution is -1.98. The molecule has 1 aliphatic heterocycles. The van der Waals surface area contributed by atoms with Crippen LogP contribution in [0, 0.1) is 15.9 Å². The van der Waals surface area contributed by atoms with Crippen LogP contribution < -0.4 is 5.73 Å². The number of carbonyl (C=O) groups excluding carboxylic acids is 1. The average molecular weight is 362 g/mol. The summed E-state index contributed by atoms with van der Waals surface area (Å²) in [5, 5.41) is 11.0. The first-order chi connectivity index (χ1) is 12.9. The minimum atomic E-state index is -0.607. The van der Waals surface area contributed by atoms with E-state index in [0.29, 0.717) is 27.8 Å². The quantitative estimate of drug-likeness (QED) is 0.565. The fourth-order valence-corrected chi connectivity index (χ4v) is 2.93. The third kappa shape index (κ3) is 2.82. The van der Waals surface area contributed by atoms with Crippen molar-refractivity contribution in [3.05, 3.63) is 75.7 Å². The van der Waals surface area contributed by atoms with Gasteiger partial charge in [0.2, 0.25) is 0 Å². The minimum absolute atomic E-state index is 0.0517. The van der Waals surface area contributed by atoms with Crippen molar-refractivity contribution in [2.45, 2.75) is 0 Å². The summed E-state index contributed by atoms with van der Waals surface area (Å²) in [5.41, 5.74) is 8.50. The Morgan fingerprint density at radius 2 is 1.81 bits per heavy atom. The number of halogens is 1. The van der Waals surface area contributed by atoms with Crippen LogP contribution in [0.15, 0.2) is 53.7 Å². The Kier molecular flexibility index (Phi) is 3.73. The lowest BCUT2D eigenvalue weighted by atomic mass is 9.97. The molecule has 0 fully saturated rings. The Labute approximate surface area is 152 Å². The molecule has 0 saturated heterocycles. The van der Waals surface area contributed by atoms with Crippen LogP contribution in [0.1, 0.15) is 15.9 Å². The number of nitro groups is 1. The highest BCUT2D eigenvalue weighted by Crippen LogP contribution is 2.33. The number of pyridine rings is 1. The normalized spacial score (nSPS) is 12.3. The van der Waals surface area contributed by atoms with Crippen molar-refractivity contribution in [2.24, 2.45) is 4.99 Å². The Bertz CT molecular complexity index is 1160. The molecule has 2 aromatic carbocycles. The van der Waals surface area contributed by atoms with Crippen molar-refractivity contribution in [3.63, 3.8) is 0 Å². The van der Waals surface area contributed by atoms with Gasteiger partial charge in [-0.15, -0.1) is 0 Å². The summed E-state index contributed by atoms with van der Waals surface area (Å²) >= 11 is 0. The Balaban J connectivity index is 1.84. The number of fused-ring (bicyclic) bond motifs is 1. The monoisotopic (exact) mass is 362 g/mol. The molecule has 0 aliphatic carbocycles. The standard InChI is InChI=1S/C19H11FN4O3/c20-17-4-2-13(24(26)27)7-15(17)12-6-16(18(21)22-8-12)10-1-3-14-11(5-10)9-23-19(14)25/h1-9H,(H2,21,22). The molecule has 132 valence electrons. The highest BCUT2D eigenvalue weighted by atomic mass is 19.1. The van der Waals surface area contributed by atoms with Crippen molar-refractivity contribution in [2.75, 3.05) is 5.73 Å². The molecule has 1 amide bonds. The number of hydrogen-bond donors (Lipinski definition) is 1. The van der Waals surface area contributed by atoms with E-state index in [4.69, 9.17) is 5.73 Å². The Hall–Kier alpha value is -3.94. The van der Waals surface area contributed by atoms with E-state index in [9.17, 15) is 19.3 Å². The summed E-state index contributed by atoms with van der Waals surface area (Å²) in [5.74, 6) is -0.703. The van der Waals surface area contributed by atoms with Gasteiger partial charge in [-0.3, -0.25) is 14.9 Å². The average Bonchev–Trinajstić information content (AvgIpc) is 3.03. The number of nitro benzene ring substituents is 1. The fraction of sp³-hybridized carbons (Fsp3) is 0. The fourth-order valence-electron chi connectivity index (χ4n) is 2.93. The first-order valence-electron chi connectivity index (χ1n) is 7.86. The maximum atomic E-state index is 14.2. The van der Waals surface area contributed by atoms with Crippen molar-refractivity contribution in [1.82, 2.24) is 4.98 Å². The molecule has 0 spiro atoms. The summed E-state index contributed by atoms with van der Waals surface area (Å²) in [6.45, 7) is 0. The molecular weight excluding hydrogens is 351 g/mol. The number of benzene rings is 2. The van der Waals surface area contributed by atoms with Crippen LogP contribution in [0.2, 0.25) is 0 Å². The van der Waals surface area contributed by atoms with Gasteiger partial charge >= 0.3 is 0 Å². The van der Waals surface area contributed by atoms with Gasteiger partial charge in [0.25, 0.3) is 11.6 Å². The smallest absolute Gasteiger partial charge is 0.277 e. The lowest BCUT2D eigenvalue weighted by molar-refractivity contribution is -0.384. The molecular formula is C19H11FN4O3. The molecule has 4 rings (SSSR count). The summed E-state index contributed by atoms with van der Waals surface area (Å²) < 4.78 is 14.2. The van der Waals surface area contributed by atoms with Gasteiger partial charge in [-0.05, 0) is 29.8 Å². The summed E-state index contributed by atoms with van der Waals surface area (Å²) in [6, 6.07) is 9.99. The maximum absolute atomic E-state index is 14.2. The predicted molar refractivity (Wildman–Crippen MR) is 98.1 cm³/mol. The van der Waals surface area contributed by atoms with Gasteiger partial charge in [-0.25, -0.2) is 14.4 Å². The van der Waals surface area contributed by atoms with Crippen LogP contribution in [-0.2, 0) is 0 Å². The van der Waals surface area contributed by atoms with Crippen molar-refractivity contribution in [1.29, 1.82) is 0 Å². The highest BCUT2D eigenvalue weighted by Gasteiger charge is 2.18. The summed E-state index contributed by atoms with van der Waals surface area (Å²) in [6.07, 6.45) is 2.83. The minimum Gasteiger partial charge on any atom is -0.383 e. The van der Waals surface area contributed by atoms with E-state index in [1.165, 1.54) is 12.4 Å². The number of anilines is 1. The van der Waals surface area contributed by atoms with E-state index in [1.54, 1.807) is 24.3 Å². The van der Waals surface area contributed by atoms with Crippen LogP contribution >= 0.6 is 0 Å². The highest BCUT2D eigenvalue weighted by molar-refractivity contribution is 6.13.